The summed E-state index contributed by atoms with van der Waals surface area (Å²) >= 11 is 0. The molecule has 4 nitrogen and oxygen atoms in total. The average Bonchev–Trinajstić information content (AvgIpc) is 2.46. The van der Waals surface area contributed by atoms with Gasteiger partial charge in [-0.3, -0.25) is 0 Å². The maximum Gasteiger partial charge on any atom is 0.119 e. The number of hydrogen-bond acceptors (Lipinski definition) is 4. The maximum atomic E-state index is 10.2. The van der Waals surface area contributed by atoms with E-state index < -0.39 is 6.10 Å². The van der Waals surface area contributed by atoms with E-state index in [4.69, 9.17) is 9.47 Å². The zero-order valence-corrected chi connectivity index (χ0v) is 11.7. The van der Waals surface area contributed by atoms with Crippen molar-refractivity contribution in [3.05, 3.63) is 29.8 Å². The first-order valence-electron chi connectivity index (χ1n) is 6.78. The van der Waals surface area contributed by atoms with E-state index in [-0.39, 0.29) is 5.54 Å². The quantitative estimate of drug-likeness (QED) is 0.853. The zero-order chi connectivity index (χ0) is 13.7. The molecule has 0 bridgehead atoms. The summed E-state index contributed by atoms with van der Waals surface area (Å²) in [5.41, 5.74) is 0.838. The Hall–Kier alpha value is -1.10. The fourth-order valence-corrected chi connectivity index (χ4v) is 2.38. The predicted molar refractivity (Wildman–Crippen MR) is 74.4 cm³/mol. The average molecular weight is 265 g/mol. The van der Waals surface area contributed by atoms with Crippen LogP contribution >= 0.6 is 0 Å². The van der Waals surface area contributed by atoms with E-state index in [1.807, 2.05) is 24.3 Å². The molecular weight excluding hydrogens is 242 g/mol. The molecule has 0 radical (unpaired) electrons. The van der Waals surface area contributed by atoms with E-state index in [0.29, 0.717) is 13.2 Å². The van der Waals surface area contributed by atoms with Gasteiger partial charge in [-0.2, -0.15) is 0 Å². The second-order valence-electron chi connectivity index (χ2n) is 5.39. The summed E-state index contributed by atoms with van der Waals surface area (Å²) in [6.45, 7) is 4.21. The summed E-state index contributed by atoms with van der Waals surface area (Å²) < 4.78 is 10.7. The zero-order valence-electron chi connectivity index (χ0n) is 11.7. The fourth-order valence-electron chi connectivity index (χ4n) is 2.38. The summed E-state index contributed by atoms with van der Waals surface area (Å²) in [6, 6.07) is 7.55. The Labute approximate surface area is 114 Å². The van der Waals surface area contributed by atoms with Crippen molar-refractivity contribution in [1.29, 1.82) is 0 Å². The predicted octanol–water partition coefficient (Wildman–Crippen LogP) is 1.89. The molecule has 1 aliphatic heterocycles. The van der Waals surface area contributed by atoms with Crippen molar-refractivity contribution in [2.75, 3.05) is 26.9 Å². The second-order valence-corrected chi connectivity index (χ2v) is 5.39. The number of nitrogens with one attached hydrogen (secondary N) is 1. The van der Waals surface area contributed by atoms with Crippen molar-refractivity contribution in [2.45, 2.75) is 31.4 Å². The van der Waals surface area contributed by atoms with Crippen LogP contribution in [0.5, 0.6) is 5.75 Å². The van der Waals surface area contributed by atoms with Gasteiger partial charge >= 0.3 is 0 Å². The number of β-amino-alcohol motifs (C(OH)–C–C–N with tert-alkyl or cyclic N) is 1. The lowest BCUT2D eigenvalue weighted by molar-refractivity contribution is 0.0221. The van der Waals surface area contributed by atoms with Crippen molar-refractivity contribution in [3.8, 4) is 5.75 Å². The lowest BCUT2D eigenvalue weighted by Gasteiger charge is -2.35. The van der Waals surface area contributed by atoms with E-state index in [2.05, 4.69) is 12.2 Å². The summed E-state index contributed by atoms with van der Waals surface area (Å²) in [5, 5.41) is 13.6. The SMILES string of the molecule is COc1cccc(C(O)CNC2(C)CCCOC2)c1. The first-order valence-corrected chi connectivity index (χ1v) is 6.78. The van der Waals surface area contributed by atoms with Crippen LogP contribution < -0.4 is 10.1 Å². The highest BCUT2D eigenvalue weighted by Crippen LogP contribution is 2.22. The van der Waals surface area contributed by atoms with Gasteiger partial charge in [0.2, 0.25) is 0 Å². The van der Waals surface area contributed by atoms with E-state index in [1.54, 1.807) is 7.11 Å². The number of rotatable bonds is 5. The molecule has 1 aromatic rings. The molecule has 4 heteroatoms. The summed E-state index contributed by atoms with van der Waals surface area (Å²) in [7, 11) is 1.63. The molecule has 2 N–H and O–H groups in total. The van der Waals surface area contributed by atoms with Gasteiger partial charge in [-0.05, 0) is 37.5 Å². The molecule has 0 aromatic heterocycles. The Morgan fingerprint density at radius 2 is 2.37 bits per heavy atom. The largest absolute Gasteiger partial charge is 0.497 e. The lowest BCUT2D eigenvalue weighted by atomic mass is 9.94. The highest BCUT2D eigenvalue weighted by molar-refractivity contribution is 5.29. The molecule has 1 aromatic carbocycles. The minimum atomic E-state index is -0.533. The molecule has 0 saturated carbocycles. The van der Waals surface area contributed by atoms with Gasteiger partial charge < -0.3 is 19.9 Å². The number of aliphatic hydroxyl groups is 1. The van der Waals surface area contributed by atoms with Gasteiger partial charge in [0.05, 0.1) is 19.8 Å². The maximum absolute atomic E-state index is 10.2. The third kappa shape index (κ3) is 3.93. The fraction of sp³-hybridized carbons (Fsp3) is 0.600. The number of hydrogen-bond donors (Lipinski definition) is 2. The van der Waals surface area contributed by atoms with Crippen molar-refractivity contribution >= 4 is 0 Å². The standard InChI is InChI=1S/C15H23NO3/c1-15(7-4-8-19-11-15)16-10-14(17)12-5-3-6-13(9-12)18-2/h3,5-6,9,14,16-17H,4,7-8,10-11H2,1-2H3. The summed E-state index contributed by atoms with van der Waals surface area (Å²) in [6.07, 6.45) is 1.62. The molecule has 0 amide bonds. The molecule has 1 saturated heterocycles. The van der Waals surface area contributed by atoms with Gasteiger partial charge in [0.15, 0.2) is 0 Å². The summed E-state index contributed by atoms with van der Waals surface area (Å²) in [4.78, 5) is 0. The molecule has 2 rings (SSSR count). The van der Waals surface area contributed by atoms with E-state index in [0.717, 1.165) is 30.8 Å². The lowest BCUT2D eigenvalue weighted by Crippen LogP contribution is -2.50. The van der Waals surface area contributed by atoms with Crippen LogP contribution in [0.3, 0.4) is 0 Å². The number of ether oxygens (including phenoxy) is 2. The molecule has 2 unspecified atom stereocenters. The Morgan fingerprint density at radius 1 is 1.53 bits per heavy atom. The van der Waals surface area contributed by atoms with Crippen LogP contribution in [0.2, 0.25) is 0 Å². The smallest absolute Gasteiger partial charge is 0.119 e. The molecule has 1 aliphatic rings. The van der Waals surface area contributed by atoms with Gasteiger partial charge in [-0.25, -0.2) is 0 Å². The molecule has 0 aliphatic carbocycles. The van der Waals surface area contributed by atoms with Crippen LogP contribution in [0, 0.1) is 0 Å². The Balaban J connectivity index is 1.91. The first kappa shape index (κ1) is 14.3. The minimum Gasteiger partial charge on any atom is -0.497 e. The molecule has 1 fully saturated rings. The molecular formula is C15H23NO3. The monoisotopic (exact) mass is 265 g/mol. The van der Waals surface area contributed by atoms with E-state index >= 15 is 0 Å². The Kier molecular flexibility index (Phi) is 4.80. The van der Waals surface area contributed by atoms with Crippen LogP contribution in [-0.2, 0) is 4.74 Å². The first-order chi connectivity index (χ1) is 9.13. The van der Waals surface area contributed by atoms with Crippen molar-refractivity contribution in [3.63, 3.8) is 0 Å². The van der Waals surface area contributed by atoms with Crippen molar-refractivity contribution in [2.24, 2.45) is 0 Å². The minimum absolute atomic E-state index is 0.0297. The highest BCUT2D eigenvalue weighted by atomic mass is 16.5. The van der Waals surface area contributed by atoms with Gasteiger partial charge in [-0.1, -0.05) is 12.1 Å². The Morgan fingerprint density at radius 3 is 3.05 bits per heavy atom. The van der Waals surface area contributed by atoms with Gasteiger partial charge in [-0.15, -0.1) is 0 Å². The molecule has 0 spiro atoms. The van der Waals surface area contributed by atoms with E-state index in [1.165, 1.54) is 0 Å². The van der Waals surface area contributed by atoms with Crippen LogP contribution in [0.4, 0.5) is 0 Å². The van der Waals surface area contributed by atoms with Gasteiger partial charge in [0, 0.05) is 18.7 Å². The summed E-state index contributed by atoms with van der Waals surface area (Å²) in [5.74, 6) is 0.767. The Bertz CT molecular complexity index is 402. The number of aliphatic hydroxyl groups excluding tert-OH is 1. The van der Waals surface area contributed by atoms with E-state index in [9.17, 15) is 5.11 Å². The van der Waals surface area contributed by atoms with Gasteiger partial charge in [0.25, 0.3) is 0 Å². The van der Waals surface area contributed by atoms with Crippen LogP contribution in [0.1, 0.15) is 31.4 Å². The number of benzene rings is 1. The molecule has 2 atom stereocenters. The molecule has 1 heterocycles. The molecule has 19 heavy (non-hydrogen) atoms. The molecule has 106 valence electrons. The second kappa shape index (κ2) is 6.37. The van der Waals surface area contributed by atoms with Gasteiger partial charge in [0.1, 0.15) is 5.75 Å². The highest BCUT2D eigenvalue weighted by Gasteiger charge is 2.27. The van der Waals surface area contributed by atoms with Crippen LogP contribution in [-0.4, -0.2) is 37.5 Å². The normalized spacial score (nSPS) is 25.0. The topological polar surface area (TPSA) is 50.7 Å². The number of methoxy groups -OCH3 is 1. The van der Waals surface area contributed by atoms with Crippen LogP contribution in [0.15, 0.2) is 24.3 Å². The third-order valence-electron chi connectivity index (χ3n) is 3.64. The third-order valence-corrected chi connectivity index (χ3v) is 3.64. The van der Waals surface area contributed by atoms with Crippen molar-refractivity contribution < 1.29 is 14.6 Å². The van der Waals surface area contributed by atoms with Crippen LogP contribution in [0.25, 0.3) is 0 Å². The van der Waals surface area contributed by atoms with Crippen molar-refractivity contribution in [1.82, 2.24) is 5.32 Å².